The van der Waals surface area contributed by atoms with E-state index in [-0.39, 0.29) is 17.2 Å². The molecule has 7 heteroatoms. The van der Waals surface area contributed by atoms with Crippen LogP contribution in [0.2, 0.25) is 0 Å². The van der Waals surface area contributed by atoms with Gasteiger partial charge in [0.25, 0.3) is 0 Å². The molecule has 2 N–H and O–H groups in total. The lowest BCUT2D eigenvalue weighted by molar-refractivity contribution is -0.274. The van der Waals surface area contributed by atoms with E-state index in [1.165, 1.54) is 30.5 Å². The Hall–Kier alpha value is -1.34. The van der Waals surface area contributed by atoms with Crippen LogP contribution in [0.1, 0.15) is 24.8 Å². The lowest BCUT2D eigenvalue weighted by atomic mass is 10.2. The summed E-state index contributed by atoms with van der Waals surface area (Å²) in [6.45, 7) is 3.89. The number of nitrogens with two attached hydrogens (primary N) is 1. The third-order valence-corrected chi connectivity index (χ3v) is 3.44. The zero-order valence-corrected chi connectivity index (χ0v) is 11.6. The van der Waals surface area contributed by atoms with E-state index in [1.807, 2.05) is 13.8 Å². The number of alkyl halides is 3. The Labute approximate surface area is 113 Å². The fourth-order valence-corrected chi connectivity index (χ4v) is 2.38. The van der Waals surface area contributed by atoms with Gasteiger partial charge in [-0.1, -0.05) is 19.9 Å². The summed E-state index contributed by atoms with van der Waals surface area (Å²) in [5, 5.41) is 0.804. The summed E-state index contributed by atoms with van der Waals surface area (Å²) in [5.74, 6) is -0.0516. The SMILES string of the molecule is CC(C)c1nc2c(OC(F)(F)F)cccc2s1.CN. The van der Waals surface area contributed by atoms with E-state index in [1.54, 1.807) is 6.07 Å². The van der Waals surface area contributed by atoms with Gasteiger partial charge >= 0.3 is 6.36 Å². The van der Waals surface area contributed by atoms with Crippen LogP contribution in [0, 0.1) is 0 Å². The van der Waals surface area contributed by atoms with Gasteiger partial charge in [-0.15, -0.1) is 24.5 Å². The minimum absolute atomic E-state index is 0.186. The molecule has 0 bridgehead atoms. The first kappa shape index (κ1) is 15.7. The predicted octanol–water partition coefficient (Wildman–Crippen LogP) is 3.89. The maximum Gasteiger partial charge on any atom is 0.573 e. The minimum Gasteiger partial charge on any atom is -0.403 e. The molecule has 2 aromatic rings. The molecule has 0 aliphatic carbocycles. The quantitative estimate of drug-likeness (QED) is 0.913. The number of aromatic nitrogens is 1. The molecule has 1 aromatic carbocycles. The van der Waals surface area contributed by atoms with Crippen molar-refractivity contribution < 1.29 is 17.9 Å². The van der Waals surface area contributed by atoms with E-state index in [4.69, 9.17) is 0 Å². The Morgan fingerprint density at radius 1 is 1.26 bits per heavy atom. The molecule has 2 rings (SSSR count). The predicted molar refractivity (Wildman–Crippen MR) is 70.5 cm³/mol. The average Bonchev–Trinajstić information content (AvgIpc) is 2.75. The average molecular weight is 292 g/mol. The van der Waals surface area contributed by atoms with Gasteiger partial charge < -0.3 is 10.5 Å². The first-order valence-electron chi connectivity index (χ1n) is 5.60. The highest BCUT2D eigenvalue weighted by molar-refractivity contribution is 7.18. The van der Waals surface area contributed by atoms with Crippen LogP contribution in [-0.4, -0.2) is 18.4 Å². The normalized spacial score (nSPS) is 11.4. The Bertz CT molecular complexity index is 537. The molecule has 19 heavy (non-hydrogen) atoms. The highest BCUT2D eigenvalue weighted by Gasteiger charge is 2.32. The van der Waals surface area contributed by atoms with Gasteiger partial charge in [0, 0.05) is 5.92 Å². The number of ether oxygens (including phenoxy) is 1. The van der Waals surface area contributed by atoms with Crippen LogP contribution in [-0.2, 0) is 0 Å². The number of halogens is 3. The van der Waals surface area contributed by atoms with E-state index in [9.17, 15) is 13.2 Å². The Kier molecular flexibility index (Phi) is 5.13. The third kappa shape index (κ3) is 4.07. The van der Waals surface area contributed by atoms with Crippen molar-refractivity contribution in [3.8, 4) is 5.75 Å². The molecule has 0 saturated heterocycles. The first-order chi connectivity index (χ1) is 8.87. The van der Waals surface area contributed by atoms with Crippen molar-refractivity contribution in [2.75, 3.05) is 7.05 Å². The van der Waals surface area contributed by atoms with Crippen molar-refractivity contribution in [1.82, 2.24) is 4.98 Å². The zero-order valence-electron chi connectivity index (χ0n) is 10.8. The maximum absolute atomic E-state index is 12.2. The standard InChI is InChI=1S/C11H10F3NOS.CH5N/c1-6(2)10-15-9-7(16-11(12,13)14)4-3-5-8(9)17-10;1-2/h3-6H,1-2H3;2H2,1H3. The number of para-hydroxylation sites is 1. The zero-order chi connectivity index (χ0) is 14.6. The van der Waals surface area contributed by atoms with Crippen LogP contribution in [0.4, 0.5) is 13.2 Å². The van der Waals surface area contributed by atoms with Crippen molar-refractivity contribution >= 4 is 21.6 Å². The molecule has 0 aliphatic rings. The highest BCUT2D eigenvalue weighted by atomic mass is 32.1. The van der Waals surface area contributed by atoms with Crippen LogP contribution >= 0.6 is 11.3 Å². The summed E-state index contributed by atoms with van der Waals surface area (Å²) >= 11 is 1.39. The second-order valence-electron chi connectivity index (χ2n) is 3.86. The number of benzene rings is 1. The molecule has 0 aliphatic heterocycles. The molecule has 1 aromatic heterocycles. The van der Waals surface area contributed by atoms with Gasteiger partial charge in [0.05, 0.1) is 9.71 Å². The van der Waals surface area contributed by atoms with Crippen molar-refractivity contribution in [2.45, 2.75) is 26.1 Å². The highest BCUT2D eigenvalue weighted by Crippen LogP contribution is 2.35. The number of nitrogens with zero attached hydrogens (tertiary/aromatic N) is 1. The molecular formula is C12H15F3N2OS. The van der Waals surface area contributed by atoms with Crippen LogP contribution in [0.15, 0.2) is 18.2 Å². The first-order valence-corrected chi connectivity index (χ1v) is 6.41. The van der Waals surface area contributed by atoms with Crippen LogP contribution in [0.5, 0.6) is 5.75 Å². The van der Waals surface area contributed by atoms with Gasteiger partial charge in [-0.3, -0.25) is 0 Å². The van der Waals surface area contributed by atoms with E-state index >= 15 is 0 Å². The molecule has 0 atom stereocenters. The molecule has 1 heterocycles. The number of rotatable bonds is 2. The second kappa shape index (κ2) is 6.21. The van der Waals surface area contributed by atoms with Crippen molar-refractivity contribution in [2.24, 2.45) is 5.73 Å². The topological polar surface area (TPSA) is 48.1 Å². The van der Waals surface area contributed by atoms with E-state index in [0.717, 1.165) is 5.01 Å². The van der Waals surface area contributed by atoms with Gasteiger partial charge in [0.1, 0.15) is 5.52 Å². The smallest absolute Gasteiger partial charge is 0.403 e. The number of thiazole rings is 1. The van der Waals surface area contributed by atoms with Gasteiger partial charge in [-0.05, 0) is 19.2 Å². The molecule has 0 spiro atoms. The van der Waals surface area contributed by atoms with Crippen molar-refractivity contribution in [1.29, 1.82) is 0 Å². The number of fused-ring (bicyclic) bond motifs is 1. The Morgan fingerprint density at radius 2 is 1.89 bits per heavy atom. The third-order valence-electron chi connectivity index (χ3n) is 2.12. The summed E-state index contributed by atoms with van der Waals surface area (Å²) < 4.78 is 41.2. The van der Waals surface area contributed by atoms with Gasteiger partial charge in [0.2, 0.25) is 0 Å². The Morgan fingerprint density at radius 3 is 2.42 bits per heavy atom. The molecule has 106 valence electrons. The fraction of sp³-hybridized carbons (Fsp3) is 0.417. The Balaban J connectivity index is 0.000000861. The van der Waals surface area contributed by atoms with Crippen LogP contribution < -0.4 is 10.5 Å². The largest absolute Gasteiger partial charge is 0.573 e. The summed E-state index contributed by atoms with van der Waals surface area (Å²) in [5.41, 5.74) is 4.78. The second-order valence-corrected chi connectivity index (χ2v) is 4.92. The minimum atomic E-state index is -4.68. The molecule has 0 amide bonds. The molecule has 0 fully saturated rings. The van der Waals surface area contributed by atoms with E-state index < -0.39 is 6.36 Å². The summed E-state index contributed by atoms with van der Waals surface area (Å²) in [6.07, 6.45) is -4.68. The number of hydrogen-bond donors (Lipinski definition) is 1. The van der Waals surface area contributed by atoms with Crippen LogP contribution in [0.3, 0.4) is 0 Å². The van der Waals surface area contributed by atoms with E-state index in [2.05, 4.69) is 15.5 Å². The lowest BCUT2D eigenvalue weighted by Crippen LogP contribution is -2.17. The molecular weight excluding hydrogens is 277 g/mol. The summed E-state index contributed by atoms with van der Waals surface area (Å²) in [6, 6.07) is 4.55. The molecule has 0 saturated carbocycles. The van der Waals surface area contributed by atoms with E-state index in [0.29, 0.717) is 4.70 Å². The number of hydrogen-bond acceptors (Lipinski definition) is 4. The fourth-order valence-electron chi connectivity index (χ4n) is 1.39. The summed E-state index contributed by atoms with van der Waals surface area (Å²) in [7, 11) is 1.50. The summed E-state index contributed by atoms with van der Waals surface area (Å²) in [4.78, 5) is 4.19. The maximum atomic E-state index is 12.2. The van der Waals surface area contributed by atoms with Crippen molar-refractivity contribution in [3.63, 3.8) is 0 Å². The monoisotopic (exact) mass is 292 g/mol. The van der Waals surface area contributed by atoms with Gasteiger partial charge in [0.15, 0.2) is 5.75 Å². The van der Waals surface area contributed by atoms with Crippen LogP contribution in [0.25, 0.3) is 10.2 Å². The molecule has 0 radical (unpaired) electrons. The lowest BCUT2D eigenvalue weighted by Gasteiger charge is -2.08. The van der Waals surface area contributed by atoms with Gasteiger partial charge in [-0.25, -0.2) is 4.98 Å². The molecule has 3 nitrogen and oxygen atoms in total. The molecule has 0 unspecified atom stereocenters. The van der Waals surface area contributed by atoms with Gasteiger partial charge in [-0.2, -0.15) is 0 Å². The van der Waals surface area contributed by atoms with Crippen molar-refractivity contribution in [3.05, 3.63) is 23.2 Å².